The van der Waals surface area contributed by atoms with Crippen LogP contribution in [-0.4, -0.2) is 10.8 Å². The second-order valence-corrected chi connectivity index (χ2v) is 5.04. The predicted molar refractivity (Wildman–Crippen MR) is 70.0 cm³/mol. The van der Waals surface area contributed by atoms with Crippen molar-refractivity contribution in [3.8, 4) is 17.6 Å². The van der Waals surface area contributed by atoms with Crippen LogP contribution in [0.25, 0.3) is 0 Å². The molecule has 0 bridgehead atoms. The SMILES string of the molecule is C[S+]([O-])c1ccc(Oc2ccc(C#N)cc2)cc1. The zero-order valence-electron chi connectivity index (χ0n) is 9.79. The van der Waals surface area contributed by atoms with E-state index in [0.717, 1.165) is 4.90 Å². The van der Waals surface area contributed by atoms with Gasteiger partial charge in [-0.1, -0.05) is 0 Å². The summed E-state index contributed by atoms with van der Waals surface area (Å²) in [6.07, 6.45) is 1.64. The summed E-state index contributed by atoms with van der Waals surface area (Å²) in [5, 5.41) is 8.68. The van der Waals surface area contributed by atoms with Crippen LogP contribution in [0.5, 0.6) is 11.5 Å². The zero-order chi connectivity index (χ0) is 13.0. The van der Waals surface area contributed by atoms with Crippen LogP contribution < -0.4 is 4.74 Å². The van der Waals surface area contributed by atoms with E-state index in [0.29, 0.717) is 17.1 Å². The molecule has 0 spiro atoms. The molecule has 0 heterocycles. The Hall–Kier alpha value is -1.96. The van der Waals surface area contributed by atoms with Crippen molar-refractivity contribution in [2.45, 2.75) is 4.90 Å². The molecule has 0 radical (unpaired) electrons. The van der Waals surface area contributed by atoms with Crippen molar-refractivity contribution in [3.63, 3.8) is 0 Å². The van der Waals surface area contributed by atoms with Gasteiger partial charge in [0.1, 0.15) is 17.8 Å². The molecule has 0 aromatic heterocycles. The van der Waals surface area contributed by atoms with Crippen LogP contribution in [0.4, 0.5) is 0 Å². The monoisotopic (exact) mass is 257 g/mol. The number of benzene rings is 2. The van der Waals surface area contributed by atoms with Crippen LogP contribution in [0.15, 0.2) is 53.4 Å². The van der Waals surface area contributed by atoms with Gasteiger partial charge in [-0.2, -0.15) is 5.26 Å². The summed E-state index contributed by atoms with van der Waals surface area (Å²) in [6.45, 7) is 0. The highest BCUT2D eigenvalue weighted by molar-refractivity contribution is 7.90. The molecule has 18 heavy (non-hydrogen) atoms. The quantitative estimate of drug-likeness (QED) is 0.794. The standard InChI is InChI=1S/C14H11NO2S/c1-18(16)14-8-6-13(7-9-14)17-12-4-2-11(10-15)3-5-12/h2-9H,1H3. The maximum Gasteiger partial charge on any atom is 0.152 e. The fourth-order valence-corrected chi connectivity index (χ4v) is 1.95. The molecule has 0 fully saturated rings. The van der Waals surface area contributed by atoms with Crippen LogP contribution in [0, 0.1) is 11.3 Å². The summed E-state index contributed by atoms with van der Waals surface area (Å²) < 4.78 is 16.8. The lowest BCUT2D eigenvalue weighted by molar-refractivity contribution is 0.482. The molecule has 4 heteroatoms. The van der Waals surface area contributed by atoms with Crippen molar-refractivity contribution in [2.75, 3.05) is 6.26 Å². The summed E-state index contributed by atoms with van der Waals surface area (Å²) >= 11 is -0.980. The molecule has 3 nitrogen and oxygen atoms in total. The number of rotatable bonds is 3. The minimum Gasteiger partial charge on any atom is -0.612 e. The topological polar surface area (TPSA) is 56.1 Å². The van der Waals surface area contributed by atoms with E-state index in [1.54, 1.807) is 54.8 Å². The van der Waals surface area contributed by atoms with E-state index in [1.165, 1.54) is 0 Å². The van der Waals surface area contributed by atoms with Crippen molar-refractivity contribution in [1.29, 1.82) is 5.26 Å². The van der Waals surface area contributed by atoms with Gasteiger partial charge in [-0.15, -0.1) is 0 Å². The summed E-state index contributed by atoms with van der Waals surface area (Å²) in [6, 6.07) is 16.0. The maximum absolute atomic E-state index is 11.2. The highest BCUT2D eigenvalue weighted by Gasteiger charge is 2.04. The molecular weight excluding hydrogens is 246 g/mol. The minimum absolute atomic E-state index is 0.596. The number of ether oxygens (including phenoxy) is 1. The minimum atomic E-state index is -0.980. The Morgan fingerprint density at radius 3 is 1.94 bits per heavy atom. The van der Waals surface area contributed by atoms with Gasteiger partial charge in [-0.3, -0.25) is 0 Å². The molecule has 2 aromatic rings. The number of nitrogens with zero attached hydrogens (tertiary/aromatic N) is 1. The van der Waals surface area contributed by atoms with E-state index < -0.39 is 11.2 Å². The average molecular weight is 257 g/mol. The third-order valence-corrected chi connectivity index (χ3v) is 3.31. The number of hydrogen-bond acceptors (Lipinski definition) is 3. The largest absolute Gasteiger partial charge is 0.612 e. The molecule has 0 aliphatic heterocycles. The fourth-order valence-electron chi connectivity index (χ4n) is 1.43. The van der Waals surface area contributed by atoms with Gasteiger partial charge in [0.15, 0.2) is 4.90 Å². The first-order chi connectivity index (χ1) is 8.69. The third kappa shape index (κ3) is 3.04. The second kappa shape index (κ2) is 5.58. The lowest BCUT2D eigenvalue weighted by Crippen LogP contribution is -1.96. The molecule has 0 N–H and O–H groups in total. The van der Waals surface area contributed by atoms with Gasteiger partial charge in [-0.25, -0.2) is 0 Å². The van der Waals surface area contributed by atoms with Gasteiger partial charge >= 0.3 is 0 Å². The average Bonchev–Trinajstić information content (AvgIpc) is 2.40. The molecule has 1 atom stereocenters. The van der Waals surface area contributed by atoms with Crippen molar-refractivity contribution in [1.82, 2.24) is 0 Å². The first-order valence-corrected chi connectivity index (χ1v) is 6.86. The Balaban J connectivity index is 2.11. The van der Waals surface area contributed by atoms with Crippen molar-refractivity contribution >= 4 is 11.2 Å². The smallest absolute Gasteiger partial charge is 0.152 e. The molecule has 2 aromatic carbocycles. The first kappa shape index (κ1) is 12.5. The Morgan fingerprint density at radius 1 is 1.00 bits per heavy atom. The van der Waals surface area contributed by atoms with E-state index in [-0.39, 0.29) is 0 Å². The van der Waals surface area contributed by atoms with Crippen LogP contribution in [-0.2, 0) is 11.2 Å². The summed E-state index contributed by atoms with van der Waals surface area (Å²) in [7, 11) is 0. The fraction of sp³-hybridized carbons (Fsp3) is 0.0714. The lowest BCUT2D eigenvalue weighted by Gasteiger charge is -2.07. The zero-order valence-corrected chi connectivity index (χ0v) is 10.6. The summed E-state index contributed by atoms with van der Waals surface area (Å²) in [4.78, 5) is 0.766. The van der Waals surface area contributed by atoms with Crippen molar-refractivity contribution in [2.24, 2.45) is 0 Å². The van der Waals surface area contributed by atoms with Gasteiger partial charge in [0.2, 0.25) is 0 Å². The van der Waals surface area contributed by atoms with Crippen LogP contribution >= 0.6 is 0 Å². The van der Waals surface area contributed by atoms with Gasteiger partial charge in [0, 0.05) is 0 Å². The second-order valence-electron chi connectivity index (χ2n) is 3.66. The number of nitriles is 1. The van der Waals surface area contributed by atoms with E-state index in [9.17, 15) is 4.55 Å². The molecule has 0 saturated heterocycles. The Labute approximate surface area is 109 Å². The highest BCUT2D eigenvalue weighted by atomic mass is 32.2. The molecule has 0 aliphatic rings. The highest BCUT2D eigenvalue weighted by Crippen LogP contribution is 2.23. The van der Waals surface area contributed by atoms with Gasteiger partial charge in [-0.05, 0) is 59.7 Å². The summed E-state index contributed by atoms with van der Waals surface area (Å²) in [5.41, 5.74) is 0.596. The number of hydrogen-bond donors (Lipinski definition) is 0. The summed E-state index contributed by atoms with van der Waals surface area (Å²) in [5.74, 6) is 1.34. The molecule has 0 saturated carbocycles. The van der Waals surface area contributed by atoms with E-state index in [1.807, 2.05) is 6.07 Å². The molecule has 2 rings (SSSR count). The van der Waals surface area contributed by atoms with Gasteiger partial charge in [0.25, 0.3) is 0 Å². The first-order valence-electron chi connectivity index (χ1n) is 5.30. The normalized spacial score (nSPS) is 11.6. The lowest BCUT2D eigenvalue weighted by atomic mass is 10.2. The molecule has 90 valence electrons. The van der Waals surface area contributed by atoms with E-state index >= 15 is 0 Å². The maximum atomic E-state index is 11.2. The predicted octanol–water partition coefficient (Wildman–Crippen LogP) is 3.09. The molecule has 0 amide bonds. The molecule has 0 aliphatic carbocycles. The Kier molecular flexibility index (Phi) is 3.88. The van der Waals surface area contributed by atoms with Gasteiger partial charge < -0.3 is 9.29 Å². The van der Waals surface area contributed by atoms with Crippen molar-refractivity contribution < 1.29 is 9.29 Å². The van der Waals surface area contributed by atoms with Crippen LogP contribution in [0.1, 0.15) is 5.56 Å². The van der Waals surface area contributed by atoms with Crippen LogP contribution in [0.2, 0.25) is 0 Å². The van der Waals surface area contributed by atoms with Crippen molar-refractivity contribution in [3.05, 3.63) is 54.1 Å². The third-order valence-electron chi connectivity index (χ3n) is 2.37. The van der Waals surface area contributed by atoms with Gasteiger partial charge in [0.05, 0.1) is 11.6 Å². The molecular formula is C14H11NO2S. The Bertz CT molecular complexity index is 556. The van der Waals surface area contributed by atoms with E-state index in [2.05, 4.69) is 0 Å². The van der Waals surface area contributed by atoms with E-state index in [4.69, 9.17) is 10.00 Å². The molecule has 1 unspecified atom stereocenters. The van der Waals surface area contributed by atoms with Crippen LogP contribution in [0.3, 0.4) is 0 Å². The Morgan fingerprint density at radius 2 is 1.50 bits per heavy atom.